The van der Waals surface area contributed by atoms with Crippen LogP contribution in [0.4, 0.5) is 5.69 Å². The molecule has 0 unspecified atom stereocenters. The summed E-state index contributed by atoms with van der Waals surface area (Å²) in [6, 6.07) is 19.6. The molecule has 1 fully saturated rings. The van der Waals surface area contributed by atoms with E-state index in [2.05, 4.69) is 66.8 Å². The Bertz CT molecular complexity index is 553. The molecule has 1 heteroatoms. The molecule has 0 atom stereocenters. The van der Waals surface area contributed by atoms with E-state index < -0.39 is 0 Å². The molecule has 2 aromatic rings. The highest BCUT2D eigenvalue weighted by Gasteiger charge is 2.33. The van der Waals surface area contributed by atoms with Crippen LogP contribution in [0, 0.1) is 6.92 Å². The highest BCUT2D eigenvalue weighted by Crippen LogP contribution is 2.40. The van der Waals surface area contributed by atoms with Gasteiger partial charge in [-0.3, -0.25) is 0 Å². The fraction of sp³-hybridized carbons (Fsp3) is 0.368. The lowest BCUT2D eigenvalue weighted by Crippen LogP contribution is -2.37. The van der Waals surface area contributed by atoms with Crippen molar-refractivity contribution in [1.29, 1.82) is 0 Å². The number of hydrogen-bond acceptors (Lipinski definition) is 1. The first-order valence-corrected chi connectivity index (χ1v) is 7.70. The Morgan fingerprint density at radius 3 is 2.15 bits per heavy atom. The van der Waals surface area contributed by atoms with E-state index in [0.29, 0.717) is 0 Å². The van der Waals surface area contributed by atoms with E-state index >= 15 is 0 Å². The zero-order chi connectivity index (χ0) is 13.8. The maximum Gasteiger partial charge on any atom is 0.0625 e. The Morgan fingerprint density at radius 1 is 0.800 bits per heavy atom. The molecule has 2 aromatic carbocycles. The molecule has 104 valence electrons. The zero-order valence-electron chi connectivity index (χ0n) is 12.2. The largest absolute Gasteiger partial charge is 0.375 e. The highest BCUT2D eigenvalue weighted by molar-refractivity contribution is 5.54. The van der Waals surface area contributed by atoms with Crippen molar-refractivity contribution >= 4 is 5.69 Å². The van der Waals surface area contributed by atoms with Crippen LogP contribution >= 0.6 is 0 Å². The van der Waals surface area contributed by atoms with Crippen molar-refractivity contribution in [2.24, 2.45) is 0 Å². The highest BCUT2D eigenvalue weighted by atomic mass is 15.0. The minimum atomic E-state index is 0.117. The number of anilines is 1. The number of rotatable bonds is 3. The first kappa shape index (κ1) is 13.2. The van der Waals surface area contributed by atoms with Crippen molar-refractivity contribution in [3.63, 3.8) is 0 Å². The summed E-state index contributed by atoms with van der Waals surface area (Å²) in [5.74, 6) is 0. The number of nitrogens with one attached hydrogen (secondary N) is 1. The molecule has 1 aliphatic carbocycles. The molecule has 0 amide bonds. The van der Waals surface area contributed by atoms with Gasteiger partial charge in [0.25, 0.3) is 0 Å². The Kier molecular flexibility index (Phi) is 3.77. The van der Waals surface area contributed by atoms with Gasteiger partial charge in [-0.1, -0.05) is 67.8 Å². The van der Waals surface area contributed by atoms with Crippen LogP contribution < -0.4 is 5.32 Å². The number of hydrogen-bond donors (Lipinski definition) is 1. The van der Waals surface area contributed by atoms with Crippen molar-refractivity contribution in [2.45, 2.75) is 44.6 Å². The molecule has 0 saturated heterocycles. The van der Waals surface area contributed by atoms with E-state index in [1.807, 2.05) is 0 Å². The summed E-state index contributed by atoms with van der Waals surface area (Å²) in [5, 5.41) is 3.88. The number of para-hydroxylation sites is 1. The van der Waals surface area contributed by atoms with Crippen LogP contribution in [-0.2, 0) is 5.54 Å². The molecular formula is C19H23N. The zero-order valence-corrected chi connectivity index (χ0v) is 12.2. The van der Waals surface area contributed by atoms with E-state index in [1.54, 1.807) is 0 Å². The van der Waals surface area contributed by atoms with Gasteiger partial charge in [0.1, 0.15) is 0 Å². The molecular weight excluding hydrogens is 242 g/mol. The van der Waals surface area contributed by atoms with Crippen LogP contribution in [0.3, 0.4) is 0 Å². The summed E-state index contributed by atoms with van der Waals surface area (Å²) in [4.78, 5) is 0. The van der Waals surface area contributed by atoms with Crippen molar-refractivity contribution in [2.75, 3.05) is 5.32 Å². The third kappa shape index (κ3) is 2.58. The fourth-order valence-electron chi connectivity index (χ4n) is 3.37. The van der Waals surface area contributed by atoms with Gasteiger partial charge in [0.05, 0.1) is 5.54 Å². The van der Waals surface area contributed by atoms with Gasteiger partial charge in [-0.2, -0.15) is 0 Å². The minimum absolute atomic E-state index is 0.117. The van der Waals surface area contributed by atoms with Gasteiger partial charge < -0.3 is 5.32 Å². The summed E-state index contributed by atoms with van der Waals surface area (Å²) in [7, 11) is 0. The van der Waals surface area contributed by atoms with E-state index in [0.717, 1.165) is 0 Å². The van der Waals surface area contributed by atoms with Crippen molar-refractivity contribution in [3.8, 4) is 0 Å². The lowest BCUT2D eigenvalue weighted by molar-refractivity contribution is 0.330. The molecule has 3 rings (SSSR count). The average molecular weight is 265 g/mol. The quantitative estimate of drug-likeness (QED) is 0.797. The SMILES string of the molecule is Cc1ccccc1NC1(c2ccccc2)CCCCC1. The average Bonchev–Trinajstić information content (AvgIpc) is 2.52. The van der Waals surface area contributed by atoms with E-state index in [4.69, 9.17) is 0 Å². The lowest BCUT2D eigenvalue weighted by atomic mass is 9.76. The third-order valence-electron chi connectivity index (χ3n) is 4.55. The molecule has 0 radical (unpaired) electrons. The van der Waals surface area contributed by atoms with E-state index in [-0.39, 0.29) is 5.54 Å². The van der Waals surface area contributed by atoms with Crippen molar-refractivity contribution < 1.29 is 0 Å². The summed E-state index contributed by atoms with van der Waals surface area (Å²) >= 11 is 0. The van der Waals surface area contributed by atoms with Gasteiger partial charge in [-0.25, -0.2) is 0 Å². The Balaban J connectivity index is 1.96. The monoisotopic (exact) mass is 265 g/mol. The minimum Gasteiger partial charge on any atom is -0.375 e. The fourth-order valence-corrected chi connectivity index (χ4v) is 3.37. The first-order valence-electron chi connectivity index (χ1n) is 7.70. The molecule has 20 heavy (non-hydrogen) atoms. The molecule has 0 bridgehead atoms. The Morgan fingerprint density at radius 2 is 1.45 bits per heavy atom. The van der Waals surface area contributed by atoms with E-state index in [9.17, 15) is 0 Å². The smallest absolute Gasteiger partial charge is 0.0625 e. The van der Waals surface area contributed by atoms with Crippen LogP contribution in [0.25, 0.3) is 0 Å². The van der Waals surface area contributed by atoms with Gasteiger partial charge in [-0.05, 0) is 37.0 Å². The second-order valence-electron chi connectivity index (χ2n) is 5.95. The second kappa shape index (κ2) is 5.70. The Labute approximate surface area is 122 Å². The predicted molar refractivity (Wildman–Crippen MR) is 86.0 cm³/mol. The van der Waals surface area contributed by atoms with Crippen LogP contribution in [-0.4, -0.2) is 0 Å². The maximum atomic E-state index is 3.88. The second-order valence-corrected chi connectivity index (χ2v) is 5.95. The van der Waals surface area contributed by atoms with E-state index in [1.165, 1.54) is 48.9 Å². The van der Waals surface area contributed by atoms with Gasteiger partial charge in [0, 0.05) is 5.69 Å². The molecule has 0 spiro atoms. The normalized spacial score (nSPS) is 17.6. The van der Waals surface area contributed by atoms with Crippen LogP contribution in [0.5, 0.6) is 0 Å². The van der Waals surface area contributed by atoms with Gasteiger partial charge in [0.2, 0.25) is 0 Å². The lowest BCUT2D eigenvalue weighted by Gasteiger charge is -2.40. The molecule has 1 aliphatic rings. The standard InChI is InChI=1S/C19H23N/c1-16-10-6-7-13-18(16)20-19(14-8-3-9-15-19)17-11-4-2-5-12-17/h2,4-7,10-13,20H,3,8-9,14-15H2,1H3. The summed E-state index contributed by atoms with van der Waals surface area (Å²) in [5.41, 5.74) is 4.15. The third-order valence-corrected chi connectivity index (χ3v) is 4.55. The van der Waals surface area contributed by atoms with Crippen molar-refractivity contribution in [3.05, 3.63) is 65.7 Å². The van der Waals surface area contributed by atoms with Gasteiger partial charge >= 0.3 is 0 Å². The topological polar surface area (TPSA) is 12.0 Å². The molecule has 1 nitrogen and oxygen atoms in total. The van der Waals surface area contributed by atoms with Crippen LogP contribution in [0.15, 0.2) is 54.6 Å². The Hall–Kier alpha value is -1.76. The summed E-state index contributed by atoms with van der Waals surface area (Å²) < 4.78 is 0. The summed E-state index contributed by atoms with van der Waals surface area (Å²) in [6.07, 6.45) is 6.45. The number of aryl methyl sites for hydroxylation is 1. The van der Waals surface area contributed by atoms with Gasteiger partial charge in [0.15, 0.2) is 0 Å². The summed E-state index contributed by atoms with van der Waals surface area (Å²) in [6.45, 7) is 2.18. The molecule has 0 aromatic heterocycles. The van der Waals surface area contributed by atoms with Gasteiger partial charge in [-0.15, -0.1) is 0 Å². The molecule has 1 saturated carbocycles. The number of benzene rings is 2. The predicted octanol–water partition coefficient (Wildman–Crippen LogP) is 5.27. The first-order chi connectivity index (χ1) is 9.80. The maximum absolute atomic E-state index is 3.88. The van der Waals surface area contributed by atoms with Crippen LogP contribution in [0.1, 0.15) is 43.2 Å². The van der Waals surface area contributed by atoms with Crippen molar-refractivity contribution in [1.82, 2.24) is 0 Å². The molecule has 0 aliphatic heterocycles. The van der Waals surface area contributed by atoms with Crippen LogP contribution in [0.2, 0.25) is 0 Å². The molecule has 0 heterocycles. The molecule has 1 N–H and O–H groups in total.